The van der Waals surface area contributed by atoms with Crippen LogP contribution < -0.4 is 5.32 Å². The number of aromatic nitrogens is 1. The van der Waals surface area contributed by atoms with Crippen LogP contribution in [0, 0.1) is 0 Å². The molecule has 0 aliphatic rings. The third kappa shape index (κ3) is 4.22. The maximum Gasteiger partial charge on any atom is 0.323 e. The number of anilines is 1. The van der Waals surface area contributed by atoms with Gasteiger partial charge >= 0.3 is 6.03 Å². The number of carbonyl (C=O) groups excluding carboxylic acids is 1. The van der Waals surface area contributed by atoms with Crippen LogP contribution in [0.4, 0.5) is 18.7 Å². The molecule has 7 heteroatoms. The van der Waals surface area contributed by atoms with Crippen molar-refractivity contribution in [1.29, 1.82) is 0 Å². The van der Waals surface area contributed by atoms with Crippen molar-refractivity contribution in [3.05, 3.63) is 36.5 Å². The van der Waals surface area contributed by atoms with Crippen molar-refractivity contribution in [2.75, 3.05) is 18.4 Å². The van der Waals surface area contributed by atoms with Crippen molar-refractivity contribution in [2.24, 2.45) is 0 Å². The summed E-state index contributed by atoms with van der Waals surface area (Å²) in [4.78, 5) is 17.9. The van der Waals surface area contributed by atoms with Gasteiger partial charge in [-0.2, -0.15) is 0 Å². The Kier molecular flexibility index (Phi) is 5.21. The summed E-state index contributed by atoms with van der Waals surface area (Å²) in [6.07, 6.45) is -0.897. The Morgan fingerprint density at radius 1 is 1.38 bits per heavy atom. The molecule has 0 saturated carbocycles. The van der Waals surface area contributed by atoms with Crippen LogP contribution in [-0.2, 0) is 0 Å². The van der Waals surface area contributed by atoms with Crippen LogP contribution in [0.5, 0.6) is 0 Å². The number of hydrogen-bond acceptors (Lipinski definition) is 3. The van der Waals surface area contributed by atoms with Crippen molar-refractivity contribution >= 4 is 22.5 Å². The quantitative estimate of drug-likeness (QED) is 0.909. The minimum absolute atomic E-state index is 0.215. The smallest absolute Gasteiger partial charge is 0.319 e. The topological polar surface area (TPSA) is 45.2 Å². The lowest BCUT2D eigenvalue weighted by molar-refractivity contribution is 0.104. The Morgan fingerprint density at radius 3 is 2.71 bits per heavy atom. The fourth-order valence-corrected chi connectivity index (χ4v) is 2.57. The highest BCUT2D eigenvalue weighted by molar-refractivity contribution is 7.19. The number of rotatable bonds is 5. The average Bonchev–Trinajstić information content (AvgIpc) is 2.94. The van der Waals surface area contributed by atoms with Crippen LogP contribution in [0.25, 0.3) is 10.4 Å². The normalized spacial score (nSPS) is 10.7. The second-order valence-corrected chi connectivity index (χ2v) is 5.29. The maximum atomic E-state index is 12.4. The number of benzene rings is 1. The van der Waals surface area contributed by atoms with Crippen LogP contribution in [0.2, 0.25) is 0 Å². The van der Waals surface area contributed by atoms with Crippen LogP contribution in [-0.4, -0.2) is 35.4 Å². The minimum Gasteiger partial charge on any atom is -0.319 e. The lowest BCUT2D eigenvalue weighted by Crippen LogP contribution is -2.38. The Morgan fingerprint density at radius 2 is 2.10 bits per heavy atom. The number of thiazole rings is 1. The van der Waals surface area contributed by atoms with Crippen LogP contribution in [0.15, 0.2) is 36.5 Å². The van der Waals surface area contributed by atoms with Gasteiger partial charge in [0.25, 0.3) is 6.43 Å². The molecule has 0 unspecified atom stereocenters. The molecule has 1 aromatic heterocycles. The highest BCUT2D eigenvalue weighted by Crippen LogP contribution is 2.28. The van der Waals surface area contributed by atoms with Gasteiger partial charge in [0.1, 0.15) is 0 Å². The molecule has 0 bridgehead atoms. The van der Waals surface area contributed by atoms with Crippen LogP contribution >= 0.6 is 11.3 Å². The Labute approximate surface area is 125 Å². The lowest BCUT2D eigenvalue weighted by atomic mass is 10.2. The van der Waals surface area contributed by atoms with E-state index in [1.54, 1.807) is 13.1 Å². The highest BCUT2D eigenvalue weighted by Gasteiger charge is 2.17. The van der Waals surface area contributed by atoms with E-state index in [2.05, 4.69) is 10.3 Å². The lowest BCUT2D eigenvalue weighted by Gasteiger charge is -2.19. The molecule has 0 fully saturated rings. The summed E-state index contributed by atoms with van der Waals surface area (Å²) in [7, 11) is 0. The highest BCUT2D eigenvalue weighted by atomic mass is 32.1. The number of alkyl halides is 2. The van der Waals surface area contributed by atoms with E-state index in [0.717, 1.165) is 15.3 Å². The van der Waals surface area contributed by atoms with Gasteiger partial charge in [0.2, 0.25) is 0 Å². The molecule has 0 saturated heterocycles. The monoisotopic (exact) mass is 311 g/mol. The number of nitrogens with one attached hydrogen (secondary N) is 1. The molecule has 21 heavy (non-hydrogen) atoms. The van der Waals surface area contributed by atoms with E-state index >= 15 is 0 Å². The molecule has 0 aliphatic heterocycles. The summed E-state index contributed by atoms with van der Waals surface area (Å²) in [5.74, 6) is 0. The van der Waals surface area contributed by atoms with Gasteiger partial charge in [0, 0.05) is 12.7 Å². The number of carbonyl (C=O) groups is 1. The zero-order chi connectivity index (χ0) is 15.2. The van der Waals surface area contributed by atoms with Gasteiger partial charge < -0.3 is 4.90 Å². The number of urea groups is 1. The third-order valence-electron chi connectivity index (χ3n) is 2.81. The zero-order valence-electron chi connectivity index (χ0n) is 11.4. The molecule has 0 atom stereocenters. The van der Waals surface area contributed by atoms with Crippen molar-refractivity contribution in [1.82, 2.24) is 9.88 Å². The van der Waals surface area contributed by atoms with Gasteiger partial charge in [0.15, 0.2) is 5.13 Å². The maximum absolute atomic E-state index is 12.4. The zero-order valence-corrected chi connectivity index (χ0v) is 12.2. The number of amides is 2. The molecular formula is C14H15F2N3OS. The Hall–Kier alpha value is -2.02. The first-order valence-corrected chi connectivity index (χ1v) is 7.27. The van der Waals surface area contributed by atoms with Gasteiger partial charge in [-0.25, -0.2) is 18.6 Å². The largest absolute Gasteiger partial charge is 0.323 e. The van der Waals surface area contributed by atoms with Gasteiger partial charge in [-0.05, 0) is 12.5 Å². The number of nitrogens with zero attached hydrogens (tertiary/aromatic N) is 2. The molecule has 2 amide bonds. The second kappa shape index (κ2) is 7.12. The Balaban J connectivity index is 2.03. The van der Waals surface area contributed by atoms with Crippen LogP contribution in [0.3, 0.4) is 0 Å². The summed E-state index contributed by atoms with van der Waals surface area (Å²) >= 11 is 1.30. The predicted octanol–water partition coefficient (Wildman–Crippen LogP) is 3.93. The molecule has 0 radical (unpaired) electrons. The van der Waals surface area contributed by atoms with Crippen molar-refractivity contribution < 1.29 is 13.6 Å². The first kappa shape index (κ1) is 15.4. The molecule has 1 aromatic carbocycles. The van der Waals surface area contributed by atoms with Gasteiger partial charge in [-0.1, -0.05) is 41.7 Å². The SMILES string of the molecule is CCN(CC(F)F)C(=O)Nc1ncc(-c2ccccc2)s1. The summed E-state index contributed by atoms with van der Waals surface area (Å²) in [6.45, 7) is 1.28. The molecule has 0 spiro atoms. The van der Waals surface area contributed by atoms with Gasteiger partial charge in [0.05, 0.1) is 11.4 Å². The van der Waals surface area contributed by atoms with Crippen molar-refractivity contribution in [2.45, 2.75) is 13.3 Å². The predicted molar refractivity (Wildman–Crippen MR) is 79.8 cm³/mol. The minimum atomic E-state index is -2.55. The molecule has 2 aromatic rings. The number of hydrogen-bond donors (Lipinski definition) is 1. The van der Waals surface area contributed by atoms with Crippen molar-refractivity contribution in [3.63, 3.8) is 0 Å². The molecular weight excluding hydrogens is 296 g/mol. The second-order valence-electron chi connectivity index (χ2n) is 4.26. The molecule has 1 N–H and O–H groups in total. The molecule has 0 aliphatic carbocycles. The first-order chi connectivity index (χ1) is 10.1. The number of halogens is 2. The van der Waals surface area contributed by atoms with E-state index in [-0.39, 0.29) is 6.54 Å². The Bertz CT molecular complexity index is 589. The fraction of sp³-hybridized carbons (Fsp3) is 0.286. The van der Waals surface area contributed by atoms with Crippen molar-refractivity contribution in [3.8, 4) is 10.4 Å². The standard InChI is InChI=1S/C14H15F2N3OS/c1-2-19(9-12(15)16)14(20)18-13-17-8-11(21-13)10-6-4-3-5-7-10/h3-8,12H,2,9H2,1H3,(H,17,18,20). The van der Waals surface area contributed by atoms with E-state index in [9.17, 15) is 13.6 Å². The summed E-state index contributed by atoms with van der Waals surface area (Å²) in [5.41, 5.74) is 0.996. The van der Waals surface area contributed by atoms with E-state index < -0.39 is 19.0 Å². The molecule has 1 heterocycles. The summed E-state index contributed by atoms with van der Waals surface area (Å²) in [6, 6.07) is 9.05. The van der Waals surface area contributed by atoms with E-state index in [1.165, 1.54) is 11.3 Å². The average molecular weight is 311 g/mol. The summed E-state index contributed by atoms with van der Waals surface area (Å²) < 4.78 is 24.7. The van der Waals surface area contributed by atoms with Gasteiger partial charge in [-0.15, -0.1) is 0 Å². The first-order valence-electron chi connectivity index (χ1n) is 6.45. The van der Waals surface area contributed by atoms with E-state index in [0.29, 0.717) is 5.13 Å². The van der Waals surface area contributed by atoms with Gasteiger partial charge in [-0.3, -0.25) is 5.32 Å². The molecule has 4 nitrogen and oxygen atoms in total. The van der Waals surface area contributed by atoms with E-state index in [4.69, 9.17) is 0 Å². The molecule has 112 valence electrons. The third-order valence-corrected chi connectivity index (χ3v) is 3.77. The summed E-state index contributed by atoms with van der Waals surface area (Å²) in [5, 5.41) is 2.94. The fourth-order valence-electron chi connectivity index (χ4n) is 1.76. The van der Waals surface area contributed by atoms with Crippen LogP contribution in [0.1, 0.15) is 6.92 Å². The molecule has 2 rings (SSSR count). The van der Waals surface area contributed by atoms with E-state index in [1.807, 2.05) is 30.3 Å².